The van der Waals surface area contributed by atoms with Crippen LogP contribution in [0.5, 0.6) is 0 Å². The van der Waals surface area contributed by atoms with Crippen LogP contribution >= 0.6 is 11.3 Å². The van der Waals surface area contributed by atoms with E-state index in [9.17, 15) is 4.79 Å². The molecule has 3 heterocycles. The van der Waals surface area contributed by atoms with Crippen molar-refractivity contribution in [2.45, 2.75) is 51.9 Å². The average Bonchev–Trinajstić information content (AvgIpc) is 3.41. The predicted molar refractivity (Wildman–Crippen MR) is 106 cm³/mol. The third-order valence-electron chi connectivity index (χ3n) is 5.05. The second kappa shape index (κ2) is 8.08. The first-order valence-electron chi connectivity index (χ1n) is 9.55. The van der Waals surface area contributed by atoms with Crippen molar-refractivity contribution in [1.82, 2.24) is 14.8 Å². The summed E-state index contributed by atoms with van der Waals surface area (Å²) >= 11 is 1.47. The molecule has 1 amide bonds. The molecule has 27 heavy (non-hydrogen) atoms. The van der Waals surface area contributed by atoms with Gasteiger partial charge in [-0.1, -0.05) is 32.1 Å². The molecule has 0 aliphatic heterocycles. The number of hydrogen-bond acceptors (Lipinski definition) is 5. The molecule has 1 aliphatic rings. The van der Waals surface area contributed by atoms with Crippen LogP contribution in [0.2, 0.25) is 0 Å². The molecule has 0 spiro atoms. The molecule has 0 unspecified atom stereocenters. The lowest BCUT2D eigenvalue weighted by Crippen LogP contribution is -2.17. The number of carbonyl (C=O) groups excluding carboxylic acids is 1. The maximum absolute atomic E-state index is 12.5. The van der Waals surface area contributed by atoms with Gasteiger partial charge in [0.25, 0.3) is 0 Å². The first-order valence-corrected chi connectivity index (χ1v) is 10.4. The predicted octanol–water partition coefficient (Wildman–Crippen LogP) is 5.20. The Labute approximate surface area is 162 Å². The van der Waals surface area contributed by atoms with E-state index in [1.807, 2.05) is 30.5 Å². The van der Waals surface area contributed by atoms with Crippen molar-refractivity contribution < 1.29 is 9.21 Å². The highest BCUT2D eigenvalue weighted by Gasteiger charge is 2.17. The number of thiazole rings is 1. The molecule has 4 rings (SSSR count). The third-order valence-corrected chi connectivity index (χ3v) is 5.87. The van der Waals surface area contributed by atoms with Crippen molar-refractivity contribution in [2.75, 3.05) is 5.32 Å². The summed E-state index contributed by atoms with van der Waals surface area (Å²) in [6.45, 7) is 1.91. The van der Waals surface area contributed by atoms with Crippen LogP contribution in [-0.2, 0) is 4.79 Å². The van der Waals surface area contributed by atoms with Gasteiger partial charge < -0.3 is 9.73 Å². The van der Waals surface area contributed by atoms with Crippen LogP contribution in [0.15, 0.2) is 34.3 Å². The van der Waals surface area contributed by atoms with Gasteiger partial charge in [-0.05, 0) is 31.4 Å². The summed E-state index contributed by atoms with van der Waals surface area (Å²) in [4.78, 5) is 17.1. The van der Waals surface area contributed by atoms with Crippen molar-refractivity contribution in [1.29, 1.82) is 0 Å². The Bertz CT molecular complexity index is 891. The first-order chi connectivity index (χ1) is 13.2. The minimum atomic E-state index is 0.0459. The van der Waals surface area contributed by atoms with Crippen LogP contribution in [0, 0.1) is 12.8 Å². The molecule has 1 aliphatic carbocycles. The van der Waals surface area contributed by atoms with E-state index in [0.717, 1.165) is 23.6 Å². The fourth-order valence-electron chi connectivity index (χ4n) is 3.65. The Kier molecular flexibility index (Phi) is 5.38. The number of aromatic nitrogens is 3. The minimum Gasteiger partial charge on any atom is -0.463 e. The van der Waals surface area contributed by atoms with Crippen molar-refractivity contribution in [3.63, 3.8) is 0 Å². The Balaban J connectivity index is 1.44. The molecule has 1 fully saturated rings. The Morgan fingerprint density at radius 3 is 3.00 bits per heavy atom. The molecule has 0 radical (unpaired) electrons. The van der Waals surface area contributed by atoms with Crippen molar-refractivity contribution in [3.8, 4) is 16.6 Å². The summed E-state index contributed by atoms with van der Waals surface area (Å²) in [6.07, 6.45) is 9.64. The SMILES string of the molecule is Cc1cc(NC(=O)CCC2CCCCC2)n(-c2nc(-c3ccco3)cs2)n1. The Hall–Kier alpha value is -2.41. The number of aryl methyl sites for hydroxylation is 1. The molecule has 7 heteroatoms. The van der Waals surface area contributed by atoms with E-state index in [-0.39, 0.29) is 5.91 Å². The van der Waals surface area contributed by atoms with Crippen LogP contribution in [0.1, 0.15) is 50.6 Å². The van der Waals surface area contributed by atoms with Crippen molar-refractivity contribution >= 4 is 23.1 Å². The molecule has 142 valence electrons. The standard InChI is InChI=1S/C20H24N4O2S/c1-14-12-18(22-19(25)10-9-15-6-3-2-4-7-15)24(23-14)20-21-16(13-27-20)17-8-5-11-26-17/h5,8,11-13,15H,2-4,6-7,9-10H2,1H3,(H,22,25). The molecule has 0 atom stereocenters. The molecule has 6 nitrogen and oxygen atoms in total. The number of amides is 1. The molecule has 1 N–H and O–H groups in total. The Morgan fingerprint density at radius 1 is 1.37 bits per heavy atom. The largest absolute Gasteiger partial charge is 0.463 e. The highest BCUT2D eigenvalue weighted by atomic mass is 32.1. The lowest BCUT2D eigenvalue weighted by molar-refractivity contribution is -0.116. The lowest BCUT2D eigenvalue weighted by Gasteiger charge is -2.20. The van der Waals surface area contributed by atoms with Gasteiger partial charge in [-0.2, -0.15) is 9.78 Å². The lowest BCUT2D eigenvalue weighted by atomic mass is 9.86. The van der Waals surface area contributed by atoms with Crippen LogP contribution in [0.3, 0.4) is 0 Å². The van der Waals surface area contributed by atoms with Crippen LogP contribution in [-0.4, -0.2) is 20.7 Å². The normalized spacial score (nSPS) is 15.1. The summed E-state index contributed by atoms with van der Waals surface area (Å²) in [5.74, 6) is 2.14. The quantitative estimate of drug-likeness (QED) is 0.634. The fourth-order valence-corrected chi connectivity index (χ4v) is 4.43. The van der Waals surface area contributed by atoms with Crippen molar-refractivity contribution in [3.05, 3.63) is 35.5 Å². The highest BCUT2D eigenvalue weighted by molar-refractivity contribution is 7.12. The zero-order chi connectivity index (χ0) is 18.6. The number of rotatable bonds is 6. The molecular weight excluding hydrogens is 360 g/mol. The van der Waals surface area contributed by atoms with Crippen molar-refractivity contribution in [2.24, 2.45) is 5.92 Å². The van der Waals surface area contributed by atoms with Crippen LogP contribution < -0.4 is 5.32 Å². The van der Waals surface area contributed by atoms with Gasteiger partial charge >= 0.3 is 0 Å². The average molecular weight is 385 g/mol. The van der Waals surface area contributed by atoms with Gasteiger partial charge in [0.1, 0.15) is 11.5 Å². The number of nitrogens with one attached hydrogen (secondary N) is 1. The monoisotopic (exact) mass is 384 g/mol. The fraction of sp³-hybridized carbons (Fsp3) is 0.450. The van der Waals surface area contributed by atoms with E-state index in [0.29, 0.717) is 23.3 Å². The van der Waals surface area contributed by atoms with E-state index >= 15 is 0 Å². The van der Waals surface area contributed by atoms with E-state index in [2.05, 4.69) is 15.4 Å². The second-order valence-corrected chi connectivity index (χ2v) is 8.00. The van der Waals surface area contributed by atoms with Gasteiger partial charge in [0, 0.05) is 17.9 Å². The number of anilines is 1. The maximum atomic E-state index is 12.5. The third kappa shape index (κ3) is 4.30. The zero-order valence-electron chi connectivity index (χ0n) is 15.5. The Morgan fingerprint density at radius 2 is 2.22 bits per heavy atom. The topological polar surface area (TPSA) is 73.0 Å². The van der Waals surface area contributed by atoms with E-state index in [1.165, 1.54) is 43.4 Å². The van der Waals surface area contributed by atoms with E-state index in [1.54, 1.807) is 10.9 Å². The summed E-state index contributed by atoms with van der Waals surface area (Å²) in [5, 5.41) is 10.2. The van der Waals surface area contributed by atoms with Gasteiger partial charge in [0.15, 0.2) is 5.76 Å². The molecule has 0 bridgehead atoms. The number of furan rings is 1. The summed E-state index contributed by atoms with van der Waals surface area (Å²) in [6, 6.07) is 5.60. The van der Waals surface area contributed by atoms with Crippen LogP contribution in [0.4, 0.5) is 5.82 Å². The second-order valence-electron chi connectivity index (χ2n) is 7.17. The van der Waals surface area contributed by atoms with Gasteiger partial charge in [0.2, 0.25) is 11.0 Å². The summed E-state index contributed by atoms with van der Waals surface area (Å²) < 4.78 is 7.10. The zero-order valence-corrected chi connectivity index (χ0v) is 16.3. The van der Waals surface area contributed by atoms with Gasteiger partial charge in [-0.25, -0.2) is 4.98 Å². The van der Waals surface area contributed by atoms with Gasteiger partial charge in [-0.3, -0.25) is 4.79 Å². The van der Waals surface area contributed by atoms with Gasteiger partial charge in [0.05, 0.1) is 12.0 Å². The molecule has 3 aromatic rings. The van der Waals surface area contributed by atoms with E-state index in [4.69, 9.17) is 4.42 Å². The molecule has 0 aromatic carbocycles. The highest BCUT2D eigenvalue weighted by Crippen LogP contribution is 2.28. The number of nitrogens with zero attached hydrogens (tertiary/aromatic N) is 3. The molecule has 3 aromatic heterocycles. The number of hydrogen-bond donors (Lipinski definition) is 1. The molecule has 1 saturated carbocycles. The molecule has 0 saturated heterocycles. The van der Waals surface area contributed by atoms with E-state index < -0.39 is 0 Å². The minimum absolute atomic E-state index is 0.0459. The number of carbonyl (C=O) groups is 1. The van der Waals surface area contributed by atoms with Crippen LogP contribution in [0.25, 0.3) is 16.6 Å². The first kappa shape index (κ1) is 18.0. The van der Waals surface area contributed by atoms with Gasteiger partial charge in [-0.15, -0.1) is 11.3 Å². The maximum Gasteiger partial charge on any atom is 0.225 e. The summed E-state index contributed by atoms with van der Waals surface area (Å²) in [5.41, 5.74) is 1.61. The smallest absolute Gasteiger partial charge is 0.225 e. The molecular formula is C20H24N4O2S. The summed E-state index contributed by atoms with van der Waals surface area (Å²) in [7, 11) is 0.